The largest absolute Gasteiger partial charge is 0.369 e. The molecule has 0 amide bonds. The van der Waals surface area contributed by atoms with Crippen molar-refractivity contribution in [2.75, 3.05) is 0 Å². The van der Waals surface area contributed by atoms with Gasteiger partial charge in [-0.2, -0.15) is 0 Å². The molecule has 106 valence electrons. The van der Waals surface area contributed by atoms with Gasteiger partial charge in [0, 0.05) is 20.9 Å². The van der Waals surface area contributed by atoms with E-state index in [0.717, 1.165) is 20.9 Å². The molecule has 1 fully saturated rings. The Hall–Kier alpha value is 0.1000. The maximum Gasteiger partial charge on any atom is 0.0680 e. The van der Waals surface area contributed by atoms with Crippen molar-refractivity contribution in [3.05, 3.63) is 32.7 Å². The monoisotopic (exact) mass is 389 g/mol. The summed E-state index contributed by atoms with van der Waals surface area (Å²) in [7, 11) is 0. The lowest BCUT2D eigenvalue weighted by Gasteiger charge is -2.31. The third-order valence-electron chi connectivity index (χ3n) is 3.90. The first-order valence-corrected chi connectivity index (χ1v) is 8.12. The van der Waals surface area contributed by atoms with Gasteiger partial charge in [0.05, 0.1) is 11.2 Å². The first-order chi connectivity index (χ1) is 8.62. The molecule has 1 aliphatic heterocycles. The van der Waals surface area contributed by atoms with E-state index in [-0.39, 0.29) is 17.2 Å². The Morgan fingerprint density at radius 3 is 2.37 bits per heavy atom. The standard InChI is InChI=1S/C15H21Br2NO/c1-14(2)8-11(15(3,4)19-14)13(18)10-6-5-9(16)7-12(10)17/h5-7,11,13H,8,18H2,1-4H3. The van der Waals surface area contributed by atoms with E-state index in [9.17, 15) is 0 Å². The van der Waals surface area contributed by atoms with Gasteiger partial charge in [-0.25, -0.2) is 0 Å². The lowest BCUT2D eigenvalue weighted by molar-refractivity contribution is -0.0767. The van der Waals surface area contributed by atoms with Crippen molar-refractivity contribution >= 4 is 31.9 Å². The van der Waals surface area contributed by atoms with Crippen LogP contribution in [-0.2, 0) is 4.74 Å². The Labute approximate surface area is 132 Å². The van der Waals surface area contributed by atoms with E-state index < -0.39 is 0 Å². The molecule has 0 aromatic heterocycles. The van der Waals surface area contributed by atoms with E-state index in [1.54, 1.807) is 0 Å². The summed E-state index contributed by atoms with van der Waals surface area (Å²) in [4.78, 5) is 0. The molecule has 2 unspecified atom stereocenters. The fraction of sp³-hybridized carbons (Fsp3) is 0.600. The number of halogens is 2. The fourth-order valence-electron chi connectivity index (χ4n) is 3.15. The number of ether oxygens (including phenoxy) is 1. The molecule has 2 atom stereocenters. The Bertz CT molecular complexity index is 485. The minimum absolute atomic E-state index is 0.0285. The molecule has 2 nitrogen and oxygen atoms in total. The summed E-state index contributed by atoms with van der Waals surface area (Å²) in [6, 6.07) is 6.14. The summed E-state index contributed by atoms with van der Waals surface area (Å²) >= 11 is 7.08. The highest BCUT2D eigenvalue weighted by atomic mass is 79.9. The molecule has 0 spiro atoms. The minimum atomic E-state index is -0.199. The van der Waals surface area contributed by atoms with E-state index in [1.807, 2.05) is 12.1 Å². The van der Waals surface area contributed by atoms with Crippen LogP contribution < -0.4 is 5.73 Å². The van der Waals surface area contributed by atoms with Crippen LogP contribution in [0.25, 0.3) is 0 Å². The van der Waals surface area contributed by atoms with Gasteiger partial charge >= 0.3 is 0 Å². The average molecular weight is 391 g/mol. The summed E-state index contributed by atoms with van der Waals surface area (Å²) in [5, 5.41) is 0. The third-order valence-corrected chi connectivity index (χ3v) is 5.08. The molecular weight excluding hydrogens is 370 g/mol. The quantitative estimate of drug-likeness (QED) is 0.786. The molecule has 1 aromatic rings. The van der Waals surface area contributed by atoms with Gasteiger partial charge in [-0.15, -0.1) is 0 Å². The van der Waals surface area contributed by atoms with E-state index in [0.29, 0.717) is 5.92 Å². The van der Waals surface area contributed by atoms with Crippen LogP contribution >= 0.6 is 31.9 Å². The summed E-state index contributed by atoms with van der Waals surface area (Å²) in [5.41, 5.74) is 7.36. The SMILES string of the molecule is CC1(C)CC(C(N)c2ccc(Br)cc2Br)C(C)(C)O1. The molecule has 2 rings (SSSR count). The Balaban J connectivity index is 2.31. The second-order valence-electron chi connectivity index (χ2n) is 6.47. The van der Waals surface area contributed by atoms with Gasteiger partial charge in [0.2, 0.25) is 0 Å². The lowest BCUT2D eigenvalue weighted by atomic mass is 9.79. The summed E-state index contributed by atoms with van der Waals surface area (Å²) in [6.45, 7) is 8.55. The number of rotatable bonds is 2. The maximum absolute atomic E-state index is 6.52. The van der Waals surface area contributed by atoms with Gasteiger partial charge < -0.3 is 10.5 Å². The van der Waals surface area contributed by atoms with Crippen LogP contribution in [0.1, 0.15) is 45.7 Å². The van der Waals surface area contributed by atoms with Crippen molar-refractivity contribution < 1.29 is 4.74 Å². The van der Waals surface area contributed by atoms with E-state index in [4.69, 9.17) is 10.5 Å². The molecule has 1 aromatic carbocycles. The normalized spacial score (nSPS) is 26.4. The second-order valence-corrected chi connectivity index (χ2v) is 8.24. The smallest absolute Gasteiger partial charge is 0.0680 e. The van der Waals surface area contributed by atoms with E-state index >= 15 is 0 Å². The van der Waals surface area contributed by atoms with E-state index in [1.165, 1.54) is 0 Å². The predicted molar refractivity (Wildman–Crippen MR) is 86.1 cm³/mol. The second kappa shape index (κ2) is 5.14. The zero-order chi connectivity index (χ0) is 14.4. The van der Waals surface area contributed by atoms with Gasteiger partial charge in [0.25, 0.3) is 0 Å². The third kappa shape index (κ3) is 3.23. The molecule has 4 heteroatoms. The Kier molecular flexibility index (Phi) is 4.19. The van der Waals surface area contributed by atoms with Crippen molar-refractivity contribution in [2.45, 2.75) is 51.4 Å². The van der Waals surface area contributed by atoms with Gasteiger partial charge in [-0.1, -0.05) is 37.9 Å². The first kappa shape index (κ1) is 15.5. The highest BCUT2D eigenvalue weighted by Gasteiger charge is 2.48. The number of hydrogen-bond acceptors (Lipinski definition) is 2. The summed E-state index contributed by atoms with van der Waals surface area (Å²) in [6.07, 6.45) is 0.976. The first-order valence-electron chi connectivity index (χ1n) is 6.53. The summed E-state index contributed by atoms with van der Waals surface area (Å²) < 4.78 is 8.25. The molecular formula is C15H21Br2NO. The highest BCUT2D eigenvalue weighted by molar-refractivity contribution is 9.11. The topological polar surface area (TPSA) is 35.2 Å². The molecule has 2 N–H and O–H groups in total. The van der Waals surface area contributed by atoms with Crippen LogP contribution in [0.3, 0.4) is 0 Å². The lowest BCUT2D eigenvalue weighted by Crippen LogP contribution is -2.36. The average Bonchev–Trinajstić information content (AvgIpc) is 2.45. The number of benzene rings is 1. The van der Waals surface area contributed by atoms with Crippen molar-refractivity contribution in [2.24, 2.45) is 11.7 Å². The molecule has 1 heterocycles. The molecule has 0 saturated carbocycles. The van der Waals surface area contributed by atoms with Crippen molar-refractivity contribution in [3.8, 4) is 0 Å². The zero-order valence-corrected chi connectivity index (χ0v) is 15.0. The Morgan fingerprint density at radius 2 is 1.89 bits per heavy atom. The molecule has 0 radical (unpaired) electrons. The van der Waals surface area contributed by atoms with Crippen molar-refractivity contribution in [3.63, 3.8) is 0 Å². The van der Waals surface area contributed by atoms with E-state index in [2.05, 4.69) is 65.6 Å². The van der Waals surface area contributed by atoms with Gasteiger partial charge in [-0.3, -0.25) is 0 Å². The number of hydrogen-bond donors (Lipinski definition) is 1. The van der Waals surface area contributed by atoms with Crippen LogP contribution in [0.4, 0.5) is 0 Å². The Morgan fingerprint density at radius 1 is 1.26 bits per heavy atom. The van der Waals surface area contributed by atoms with Crippen LogP contribution in [0.15, 0.2) is 27.1 Å². The van der Waals surface area contributed by atoms with Crippen molar-refractivity contribution in [1.29, 1.82) is 0 Å². The van der Waals surface area contributed by atoms with Crippen LogP contribution in [0.2, 0.25) is 0 Å². The maximum atomic E-state index is 6.52. The van der Waals surface area contributed by atoms with Crippen LogP contribution in [0.5, 0.6) is 0 Å². The van der Waals surface area contributed by atoms with Gasteiger partial charge in [0.1, 0.15) is 0 Å². The van der Waals surface area contributed by atoms with Gasteiger partial charge in [-0.05, 0) is 51.8 Å². The van der Waals surface area contributed by atoms with Gasteiger partial charge in [0.15, 0.2) is 0 Å². The number of nitrogens with two attached hydrogens (primary N) is 1. The molecule has 1 saturated heterocycles. The van der Waals surface area contributed by atoms with Crippen molar-refractivity contribution in [1.82, 2.24) is 0 Å². The fourth-order valence-corrected chi connectivity index (χ4v) is 4.46. The molecule has 0 bridgehead atoms. The summed E-state index contributed by atoms with van der Waals surface area (Å²) in [5.74, 6) is 0.306. The molecule has 19 heavy (non-hydrogen) atoms. The molecule has 0 aliphatic carbocycles. The molecule has 1 aliphatic rings. The zero-order valence-electron chi connectivity index (χ0n) is 11.8. The highest BCUT2D eigenvalue weighted by Crippen LogP contribution is 2.47. The van der Waals surface area contributed by atoms with Crippen LogP contribution in [0, 0.1) is 5.92 Å². The van der Waals surface area contributed by atoms with Crippen LogP contribution in [-0.4, -0.2) is 11.2 Å². The predicted octanol–water partition coefficient (Wildman–Crippen LogP) is 4.81. The minimum Gasteiger partial charge on any atom is -0.369 e.